The molecule has 0 saturated carbocycles. The van der Waals surface area contributed by atoms with Crippen LogP contribution in [-0.2, 0) is 20.4 Å². The number of carboxylic acid groups (broad SMARTS) is 1. The molecule has 1 rings (SSSR count). The van der Waals surface area contributed by atoms with Gasteiger partial charge in [-0.2, -0.15) is 0 Å². The van der Waals surface area contributed by atoms with Crippen LogP contribution in [0.3, 0.4) is 0 Å². The van der Waals surface area contributed by atoms with E-state index in [0.29, 0.717) is 11.1 Å². The normalized spacial score (nSPS) is 13.8. The lowest BCUT2D eigenvalue weighted by molar-refractivity contribution is -0.138. The van der Waals surface area contributed by atoms with Gasteiger partial charge in [0.05, 0.1) is 11.7 Å². The predicted molar refractivity (Wildman–Crippen MR) is 75.0 cm³/mol. The first-order valence-electron chi connectivity index (χ1n) is 5.99. The molecule has 1 atom stereocenters. The summed E-state index contributed by atoms with van der Waals surface area (Å²) in [5.74, 6) is -1.92. The van der Waals surface area contributed by atoms with Gasteiger partial charge in [0.1, 0.15) is 0 Å². The Hall–Kier alpha value is -1.76. The summed E-state index contributed by atoms with van der Waals surface area (Å²) in [5.41, 5.74) is 1.08. The summed E-state index contributed by atoms with van der Waals surface area (Å²) in [5, 5.41) is 11.5. The lowest BCUT2D eigenvalue weighted by Crippen LogP contribution is -2.30. The summed E-state index contributed by atoms with van der Waals surface area (Å²) in [7, 11) is -3.71. The summed E-state index contributed by atoms with van der Waals surface area (Å²) in [6.07, 6.45) is 0. The first-order valence-corrected chi connectivity index (χ1v) is 7.64. The molecule has 1 N–H and O–H groups in total. The third-order valence-corrected chi connectivity index (χ3v) is 5.50. The van der Waals surface area contributed by atoms with E-state index in [1.165, 1.54) is 13.8 Å². The van der Waals surface area contributed by atoms with Crippen molar-refractivity contribution < 1.29 is 18.3 Å². The molecule has 1 unspecified atom stereocenters. The molecule has 0 spiro atoms. The fourth-order valence-electron chi connectivity index (χ4n) is 1.50. The van der Waals surface area contributed by atoms with Crippen molar-refractivity contribution in [2.24, 2.45) is 5.18 Å². The van der Waals surface area contributed by atoms with Gasteiger partial charge in [0.2, 0.25) is 0 Å². The van der Waals surface area contributed by atoms with Gasteiger partial charge >= 0.3 is 5.97 Å². The highest BCUT2D eigenvalue weighted by Crippen LogP contribution is 2.23. The van der Waals surface area contributed by atoms with Crippen molar-refractivity contribution in [3.63, 3.8) is 0 Å². The molecule has 6 nitrogen and oxygen atoms in total. The Morgan fingerprint density at radius 2 is 1.80 bits per heavy atom. The monoisotopic (exact) mass is 299 g/mol. The van der Waals surface area contributed by atoms with Crippen molar-refractivity contribution >= 4 is 15.8 Å². The highest BCUT2D eigenvalue weighted by atomic mass is 32.2. The third kappa shape index (κ3) is 3.41. The highest BCUT2D eigenvalue weighted by molar-refractivity contribution is 7.91. The maximum absolute atomic E-state index is 12.0. The molecule has 7 heteroatoms. The molecular weight excluding hydrogens is 282 g/mol. The molecule has 0 aliphatic rings. The van der Waals surface area contributed by atoms with Crippen LogP contribution >= 0.6 is 0 Å². The second-order valence-corrected chi connectivity index (χ2v) is 7.62. The van der Waals surface area contributed by atoms with Gasteiger partial charge in [-0.05, 0) is 37.1 Å². The summed E-state index contributed by atoms with van der Waals surface area (Å²) < 4.78 is 24.0. The zero-order chi connectivity index (χ0) is 15.6. The van der Waals surface area contributed by atoms with E-state index in [2.05, 4.69) is 5.18 Å². The Balaban J connectivity index is 2.97. The van der Waals surface area contributed by atoms with Crippen molar-refractivity contribution in [1.29, 1.82) is 0 Å². The van der Waals surface area contributed by atoms with Crippen LogP contribution in [0, 0.1) is 4.91 Å². The van der Waals surface area contributed by atoms with E-state index in [4.69, 9.17) is 5.11 Å². The third-order valence-electron chi connectivity index (χ3n) is 3.19. The van der Waals surface area contributed by atoms with Gasteiger partial charge in [-0.25, -0.2) is 8.42 Å². The minimum absolute atomic E-state index is 0.312. The van der Waals surface area contributed by atoms with Crippen LogP contribution in [0.15, 0.2) is 29.4 Å². The van der Waals surface area contributed by atoms with Gasteiger partial charge in [0, 0.05) is 0 Å². The molecule has 1 aromatic rings. The van der Waals surface area contributed by atoms with Crippen molar-refractivity contribution in [1.82, 2.24) is 0 Å². The van der Waals surface area contributed by atoms with Crippen LogP contribution in [0.5, 0.6) is 0 Å². The molecule has 1 aromatic carbocycles. The van der Waals surface area contributed by atoms with Gasteiger partial charge < -0.3 is 5.11 Å². The first kappa shape index (κ1) is 16.3. The van der Waals surface area contributed by atoms with E-state index in [-0.39, 0.29) is 5.75 Å². The average molecular weight is 299 g/mol. The number of hydrogen-bond donors (Lipinski definition) is 1. The molecule has 0 aliphatic carbocycles. The quantitative estimate of drug-likeness (QED) is 0.812. The molecular formula is C13H17NO5S. The Labute approximate surface area is 117 Å². The Kier molecular flexibility index (Phi) is 4.65. The lowest BCUT2D eigenvalue weighted by atomic mass is 10.0. The maximum Gasteiger partial charge on any atom is 0.310 e. The van der Waals surface area contributed by atoms with Gasteiger partial charge in [-0.1, -0.05) is 24.3 Å². The zero-order valence-electron chi connectivity index (χ0n) is 11.5. The van der Waals surface area contributed by atoms with Gasteiger partial charge in [-0.15, -0.1) is 4.91 Å². The Morgan fingerprint density at radius 3 is 2.20 bits per heavy atom. The number of carboxylic acids is 1. The molecule has 0 aliphatic heterocycles. The number of nitrogens with zero attached hydrogens (tertiary/aromatic N) is 1. The topological polar surface area (TPSA) is 101 Å². The summed E-state index contributed by atoms with van der Waals surface area (Å²) in [6, 6.07) is 6.25. The van der Waals surface area contributed by atoms with E-state index in [1.54, 1.807) is 31.2 Å². The number of sulfone groups is 1. The fraction of sp³-hybridized carbons (Fsp3) is 0.462. The Morgan fingerprint density at radius 1 is 1.30 bits per heavy atom. The van der Waals surface area contributed by atoms with Gasteiger partial charge in [0.15, 0.2) is 14.7 Å². The molecule has 0 heterocycles. The average Bonchev–Trinajstić information content (AvgIpc) is 2.38. The SMILES string of the molecule is CC(C(=O)O)c1ccc(CS(=O)(=O)C(C)(C)N=O)cc1. The smallest absolute Gasteiger partial charge is 0.310 e. The fourth-order valence-corrected chi connectivity index (χ4v) is 2.60. The van der Waals surface area contributed by atoms with Crippen LogP contribution in [-0.4, -0.2) is 24.4 Å². The molecule has 20 heavy (non-hydrogen) atoms. The number of rotatable bonds is 6. The van der Waals surface area contributed by atoms with E-state index >= 15 is 0 Å². The lowest BCUT2D eigenvalue weighted by Gasteiger charge is -2.16. The molecule has 0 fully saturated rings. The minimum atomic E-state index is -3.71. The second kappa shape index (κ2) is 5.70. The number of hydrogen-bond acceptors (Lipinski definition) is 5. The van der Waals surface area contributed by atoms with E-state index in [1.807, 2.05) is 0 Å². The standard InChI is InChI=1S/C13H17NO5S/c1-9(12(15)16)11-6-4-10(5-7-11)8-20(18,19)13(2,3)14-17/h4-7,9H,8H2,1-3H3,(H,15,16). The van der Waals surface area contributed by atoms with Crippen molar-refractivity contribution in [2.75, 3.05) is 0 Å². The van der Waals surface area contributed by atoms with E-state index in [9.17, 15) is 18.1 Å². The number of aliphatic carboxylic acids is 1. The van der Waals surface area contributed by atoms with Crippen LogP contribution < -0.4 is 0 Å². The summed E-state index contributed by atoms with van der Waals surface area (Å²) >= 11 is 0. The predicted octanol–water partition coefficient (Wildman–Crippen LogP) is 2.29. The number of carbonyl (C=O) groups is 1. The molecule has 0 radical (unpaired) electrons. The van der Waals surface area contributed by atoms with Crippen LogP contribution in [0.2, 0.25) is 0 Å². The van der Waals surface area contributed by atoms with Crippen LogP contribution in [0.1, 0.15) is 37.8 Å². The molecule has 0 amide bonds. The van der Waals surface area contributed by atoms with Crippen LogP contribution in [0.25, 0.3) is 0 Å². The highest BCUT2D eigenvalue weighted by Gasteiger charge is 2.35. The van der Waals surface area contributed by atoms with Crippen molar-refractivity contribution in [3.8, 4) is 0 Å². The largest absolute Gasteiger partial charge is 0.481 e. The zero-order valence-corrected chi connectivity index (χ0v) is 12.3. The van der Waals surface area contributed by atoms with Crippen molar-refractivity contribution in [3.05, 3.63) is 40.3 Å². The second-order valence-electron chi connectivity index (χ2n) is 5.10. The number of nitroso groups, excluding NO2 is 1. The van der Waals surface area contributed by atoms with Crippen LogP contribution in [0.4, 0.5) is 0 Å². The Bertz CT molecular complexity index is 604. The minimum Gasteiger partial charge on any atom is -0.481 e. The maximum atomic E-state index is 12.0. The first-order chi connectivity index (χ1) is 9.10. The molecule has 0 saturated heterocycles. The summed E-state index contributed by atoms with van der Waals surface area (Å²) in [6.45, 7) is 4.04. The van der Waals surface area contributed by atoms with Gasteiger partial charge in [-0.3, -0.25) is 4.79 Å². The molecule has 0 bridgehead atoms. The molecule has 110 valence electrons. The van der Waals surface area contributed by atoms with E-state index < -0.39 is 26.6 Å². The van der Waals surface area contributed by atoms with Crippen molar-refractivity contribution in [2.45, 2.75) is 37.3 Å². The van der Waals surface area contributed by atoms with Gasteiger partial charge in [0.25, 0.3) is 0 Å². The number of benzene rings is 1. The molecule has 0 aromatic heterocycles. The summed E-state index contributed by atoms with van der Waals surface area (Å²) in [4.78, 5) is 19.7. The van der Waals surface area contributed by atoms with E-state index in [0.717, 1.165) is 0 Å².